The van der Waals surface area contributed by atoms with Crippen LogP contribution in [0.15, 0.2) is 48.5 Å². The first-order valence-corrected chi connectivity index (χ1v) is 9.30. The van der Waals surface area contributed by atoms with Crippen molar-refractivity contribution in [3.63, 3.8) is 0 Å². The number of carbonyl (C=O) groups excluding carboxylic acids is 3. The van der Waals surface area contributed by atoms with Gasteiger partial charge in [-0.1, -0.05) is 30.3 Å². The quantitative estimate of drug-likeness (QED) is 0.739. The largest absolute Gasteiger partial charge is 0.496 e. The Kier molecular flexibility index (Phi) is 5.74. The number of ether oxygens (including phenoxy) is 1. The number of rotatable bonds is 6. The van der Waals surface area contributed by atoms with Gasteiger partial charge in [-0.05, 0) is 30.7 Å². The van der Waals surface area contributed by atoms with Gasteiger partial charge < -0.3 is 15.0 Å². The number of para-hydroxylation sites is 1. The number of hydrogen-bond acceptors (Lipinski definition) is 5. The van der Waals surface area contributed by atoms with Gasteiger partial charge in [0.25, 0.3) is 5.91 Å². The standard InChI is InChI=1S/C22H22N4O4/c1-22(17-9-6-7-15(11-17)12-23)20(28)26(21(29)24-22)14-19(27)25(2)13-16-8-4-5-10-18(16)30-3/h4-11H,13-14H2,1-3H3,(H,24,29). The summed E-state index contributed by atoms with van der Waals surface area (Å²) >= 11 is 0. The Labute approximate surface area is 174 Å². The topological polar surface area (TPSA) is 103 Å². The number of carbonyl (C=O) groups is 3. The summed E-state index contributed by atoms with van der Waals surface area (Å²) in [6, 6.07) is 15.2. The summed E-state index contributed by atoms with van der Waals surface area (Å²) in [6.07, 6.45) is 0. The second-order valence-electron chi connectivity index (χ2n) is 7.20. The number of nitriles is 1. The fourth-order valence-electron chi connectivity index (χ4n) is 3.37. The van der Waals surface area contributed by atoms with Crippen LogP contribution in [0.2, 0.25) is 0 Å². The first-order valence-electron chi connectivity index (χ1n) is 9.30. The fourth-order valence-corrected chi connectivity index (χ4v) is 3.37. The molecule has 0 aromatic heterocycles. The van der Waals surface area contributed by atoms with Gasteiger partial charge in [-0.25, -0.2) is 4.79 Å². The zero-order valence-corrected chi connectivity index (χ0v) is 17.0. The highest BCUT2D eigenvalue weighted by molar-refractivity contribution is 6.09. The number of urea groups is 1. The predicted octanol–water partition coefficient (Wildman–Crippen LogP) is 1.99. The molecule has 4 amide bonds. The summed E-state index contributed by atoms with van der Waals surface area (Å²) in [5.74, 6) is -0.279. The maximum absolute atomic E-state index is 13.0. The van der Waals surface area contributed by atoms with Crippen LogP contribution in [0.3, 0.4) is 0 Å². The molecule has 1 N–H and O–H groups in total. The van der Waals surface area contributed by atoms with Crippen LogP contribution in [-0.4, -0.2) is 48.3 Å². The van der Waals surface area contributed by atoms with Gasteiger partial charge in [0, 0.05) is 19.2 Å². The van der Waals surface area contributed by atoms with E-state index in [1.165, 1.54) is 4.90 Å². The third-order valence-electron chi connectivity index (χ3n) is 5.16. The Hall–Kier alpha value is -3.86. The average molecular weight is 406 g/mol. The van der Waals surface area contributed by atoms with E-state index in [0.717, 1.165) is 10.5 Å². The SMILES string of the molecule is COc1ccccc1CN(C)C(=O)CN1C(=O)NC(C)(c2cccc(C#N)c2)C1=O. The van der Waals surface area contributed by atoms with Crippen LogP contribution in [0.5, 0.6) is 5.75 Å². The highest BCUT2D eigenvalue weighted by Gasteiger charge is 2.49. The van der Waals surface area contributed by atoms with Crippen LogP contribution in [0.25, 0.3) is 0 Å². The molecule has 1 aliphatic heterocycles. The first kappa shape index (κ1) is 20.9. The zero-order chi connectivity index (χ0) is 21.9. The molecule has 2 aromatic rings. The molecular weight excluding hydrogens is 384 g/mol. The molecule has 1 heterocycles. The molecule has 0 spiro atoms. The summed E-state index contributed by atoms with van der Waals surface area (Å²) < 4.78 is 5.30. The Balaban J connectivity index is 1.75. The minimum absolute atomic E-state index is 0.272. The van der Waals surface area contributed by atoms with Crippen molar-refractivity contribution < 1.29 is 19.1 Å². The van der Waals surface area contributed by atoms with E-state index < -0.39 is 17.5 Å². The van der Waals surface area contributed by atoms with Crippen molar-refractivity contribution in [1.82, 2.24) is 15.1 Å². The molecule has 0 radical (unpaired) electrons. The first-order chi connectivity index (χ1) is 14.3. The van der Waals surface area contributed by atoms with Gasteiger partial charge in [0.1, 0.15) is 17.8 Å². The summed E-state index contributed by atoms with van der Waals surface area (Å²) in [5, 5.41) is 11.8. The molecular formula is C22H22N4O4. The van der Waals surface area contributed by atoms with E-state index in [1.807, 2.05) is 24.3 Å². The maximum Gasteiger partial charge on any atom is 0.325 e. The predicted molar refractivity (Wildman–Crippen MR) is 108 cm³/mol. The molecule has 154 valence electrons. The van der Waals surface area contributed by atoms with Crippen molar-refractivity contribution in [3.05, 3.63) is 65.2 Å². The summed E-state index contributed by atoms with van der Waals surface area (Å²) in [7, 11) is 3.15. The van der Waals surface area contributed by atoms with Gasteiger partial charge in [0.2, 0.25) is 5.91 Å². The summed E-state index contributed by atoms with van der Waals surface area (Å²) in [4.78, 5) is 40.6. The Morgan fingerprint density at radius 3 is 2.67 bits per heavy atom. The second-order valence-corrected chi connectivity index (χ2v) is 7.20. The van der Waals surface area contributed by atoms with E-state index in [0.29, 0.717) is 16.9 Å². The van der Waals surface area contributed by atoms with Crippen molar-refractivity contribution in [3.8, 4) is 11.8 Å². The summed E-state index contributed by atoms with van der Waals surface area (Å²) in [5.41, 5.74) is 0.330. The maximum atomic E-state index is 13.0. The lowest BCUT2D eigenvalue weighted by Gasteiger charge is -2.23. The molecule has 8 nitrogen and oxygen atoms in total. The highest BCUT2D eigenvalue weighted by Crippen LogP contribution is 2.29. The van der Waals surface area contributed by atoms with Gasteiger partial charge in [-0.3, -0.25) is 14.5 Å². The second kappa shape index (κ2) is 8.25. The van der Waals surface area contributed by atoms with E-state index in [2.05, 4.69) is 5.32 Å². The number of methoxy groups -OCH3 is 1. The molecule has 3 rings (SSSR count). The molecule has 2 aromatic carbocycles. The lowest BCUT2D eigenvalue weighted by Crippen LogP contribution is -2.43. The van der Waals surface area contributed by atoms with E-state index in [-0.39, 0.29) is 19.0 Å². The number of likely N-dealkylation sites (N-methyl/N-ethyl adjacent to an activating group) is 1. The highest BCUT2D eigenvalue weighted by atomic mass is 16.5. The summed E-state index contributed by atoms with van der Waals surface area (Å²) in [6.45, 7) is 1.45. The van der Waals surface area contributed by atoms with Gasteiger partial charge in [0.15, 0.2) is 0 Å². The third-order valence-corrected chi connectivity index (χ3v) is 5.16. The van der Waals surface area contributed by atoms with Crippen molar-refractivity contribution >= 4 is 17.8 Å². The van der Waals surface area contributed by atoms with Crippen molar-refractivity contribution in [1.29, 1.82) is 5.26 Å². The van der Waals surface area contributed by atoms with Crippen LogP contribution in [0.1, 0.15) is 23.6 Å². The van der Waals surface area contributed by atoms with Crippen LogP contribution in [0, 0.1) is 11.3 Å². The average Bonchev–Trinajstić information content (AvgIpc) is 2.98. The van der Waals surface area contributed by atoms with Crippen LogP contribution in [0.4, 0.5) is 4.79 Å². The number of benzene rings is 2. The lowest BCUT2D eigenvalue weighted by atomic mass is 9.91. The molecule has 1 atom stereocenters. The van der Waals surface area contributed by atoms with Crippen LogP contribution >= 0.6 is 0 Å². The number of nitrogens with one attached hydrogen (secondary N) is 1. The normalized spacial score (nSPS) is 18.0. The van der Waals surface area contributed by atoms with Gasteiger partial charge in [0.05, 0.1) is 18.7 Å². The zero-order valence-electron chi connectivity index (χ0n) is 17.0. The smallest absolute Gasteiger partial charge is 0.325 e. The molecule has 1 unspecified atom stereocenters. The minimum atomic E-state index is -1.34. The molecule has 1 fully saturated rings. The van der Waals surface area contributed by atoms with Crippen molar-refractivity contribution in [2.45, 2.75) is 19.0 Å². The Morgan fingerprint density at radius 2 is 1.97 bits per heavy atom. The fraction of sp³-hybridized carbons (Fsp3) is 0.273. The number of hydrogen-bond donors (Lipinski definition) is 1. The minimum Gasteiger partial charge on any atom is -0.496 e. The number of nitrogens with zero attached hydrogens (tertiary/aromatic N) is 3. The number of imide groups is 1. The monoisotopic (exact) mass is 406 g/mol. The number of amides is 4. The van der Waals surface area contributed by atoms with Crippen LogP contribution in [-0.2, 0) is 21.7 Å². The molecule has 0 bridgehead atoms. The van der Waals surface area contributed by atoms with Crippen LogP contribution < -0.4 is 10.1 Å². The molecule has 0 aliphatic carbocycles. The van der Waals surface area contributed by atoms with Crippen molar-refractivity contribution in [2.24, 2.45) is 0 Å². The van der Waals surface area contributed by atoms with Gasteiger partial charge >= 0.3 is 6.03 Å². The van der Waals surface area contributed by atoms with E-state index in [1.54, 1.807) is 51.4 Å². The van der Waals surface area contributed by atoms with E-state index in [4.69, 9.17) is 10.00 Å². The van der Waals surface area contributed by atoms with E-state index >= 15 is 0 Å². The van der Waals surface area contributed by atoms with Gasteiger partial charge in [-0.15, -0.1) is 0 Å². The molecule has 1 saturated heterocycles. The lowest BCUT2D eigenvalue weighted by molar-refractivity contribution is -0.138. The Bertz CT molecular complexity index is 1050. The third kappa shape index (κ3) is 3.82. The molecule has 0 saturated carbocycles. The molecule has 30 heavy (non-hydrogen) atoms. The van der Waals surface area contributed by atoms with Gasteiger partial charge in [-0.2, -0.15) is 5.26 Å². The molecule has 1 aliphatic rings. The van der Waals surface area contributed by atoms with E-state index in [9.17, 15) is 14.4 Å². The molecule has 8 heteroatoms. The Morgan fingerprint density at radius 1 is 1.23 bits per heavy atom. The van der Waals surface area contributed by atoms with Crippen molar-refractivity contribution in [2.75, 3.05) is 20.7 Å².